The Morgan fingerprint density at radius 2 is 2.10 bits per heavy atom. The number of methoxy groups -OCH3 is 1. The number of rotatable bonds is 3. The van der Waals surface area contributed by atoms with Crippen LogP contribution in [0.15, 0.2) is 47.5 Å². The lowest BCUT2D eigenvalue weighted by atomic mass is 10.2. The lowest BCUT2D eigenvalue weighted by Gasteiger charge is -2.01. The predicted molar refractivity (Wildman–Crippen MR) is 78.2 cm³/mol. The second-order valence-electron chi connectivity index (χ2n) is 4.00. The van der Waals surface area contributed by atoms with E-state index in [1.54, 1.807) is 36.4 Å². The third-order valence-electron chi connectivity index (χ3n) is 2.61. The van der Waals surface area contributed by atoms with Crippen molar-refractivity contribution in [2.75, 3.05) is 7.11 Å². The van der Waals surface area contributed by atoms with E-state index in [1.807, 2.05) is 0 Å². The Hall–Kier alpha value is -2.33. The van der Waals surface area contributed by atoms with Crippen LogP contribution < -0.4 is 0 Å². The van der Waals surface area contributed by atoms with Gasteiger partial charge in [0.15, 0.2) is 0 Å². The van der Waals surface area contributed by atoms with E-state index in [2.05, 4.69) is 9.73 Å². The molecule has 0 aromatic heterocycles. The first-order valence-electron chi connectivity index (χ1n) is 5.81. The third-order valence-corrected chi connectivity index (χ3v) is 2.84. The number of aromatic hydroxyl groups is 1. The van der Waals surface area contributed by atoms with Crippen LogP contribution in [0.4, 0.5) is 5.69 Å². The topological polar surface area (TPSA) is 58.9 Å². The number of carbonyl (C=O) groups is 1. The lowest BCUT2D eigenvalue weighted by molar-refractivity contribution is 0.0601. The average Bonchev–Trinajstić information content (AvgIpc) is 2.47. The van der Waals surface area contributed by atoms with Crippen LogP contribution in [0, 0.1) is 0 Å². The molecule has 2 rings (SSSR count). The average molecular weight is 290 g/mol. The maximum atomic E-state index is 11.4. The Balaban J connectivity index is 2.27. The number of benzene rings is 2. The van der Waals surface area contributed by atoms with Crippen molar-refractivity contribution in [2.45, 2.75) is 0 Å². The van der Waals surface area contributed by atoms with Crippen LogP contribution in [0.1, 0.15) is 15.9 Å². The number of nitrogens with zero attached hydrogens (tertiary/aromatic N) is 1. The van der Waals surface area contributed by atoms with E-state index in [4.69, 9.17) is 11.6 Å². The van der Waals surface area contributed by atoms with Crippen LogP contribution in [0.2, 0.25) is 5.02 Å². The monoisotopic (exact) mass is 289 g/mol. The van der Waals surface area contributed by atoms with Gasteiger partial charge in [0.05, 0.1) is 18.4 Å². The van der Waals surface area contributed by atoms with Crippen molar-refractivity contribution < 1.29 is 14.6 Å². The van der Waals surface area contributed by atoms with Crippen LogP contribution in [-0.2, 0) is 4.74 Å². The molecule has 1 N–H and O–H groups in total. The van der Waals surface area contributed by atoms with Gasteiger partial charge < -0.3 is 9.84 Å². The molecule has 0 atom stereocenters. The van der Waals surface area contributed by atoms with E-state index in [1.165, 1.54) is 19.4 Å². The quantitative estimate of drug-likeness (QED) is 0.694. The van der Waals surface area contributed by atoms with Crippen molar-refractivity contribution in [2.24, 2.45) is 4.99 Å². The zero-order valence-corrected chi connectivity index (χ0v) is 11.5. The fourth-order valence-corrected chi connectivity index (χ4v) is 1.78. The molecular formula is C15H12ClNO3. The number of ether oxygens (including phenoxy) is 1. The van der Waals surface area contributed by atoms with Crippen molar-refractivity contribution in [1.82, 2.24) is 0 Å². The maximum absolute atomic E-state index is 11.4. The molecule has 0 saturated carbocycles. The number of phenols is 1. The van der Waals surface area contributed by atoms with Crippen molar-refractivity contribution in [1.29, 1.82) is 0 Å². The Bertz CT molecular complexity index is 668. The number of phenolic OH excluding ortho intramolecular Hbond substituents is 1. The molecular weight excluding hydrogens is 278 g/mol. The summed E-state index contributed by atoms with van der Waals surface area (Å²) < 4.78 is 4.64. The summed E-state index contributed by atoms with van der Waals surface area (Å²) in [5, 5.41) is 10.2. The minimum atomic E-state index is -0.423. The van der Waals surface area contributed by atoms with E-state index in [-0.39, 0.29) is 5.75 Å². The fourth-order valence-electron chi connectivity index (χ4n) is 1.60. The molecule has 0 saturated heterocycles. The largest absolute Gasteiger partial charge is 0.507 e. The van der Waals surface area contributed by atoms with E-state index in [0.29, 0.717) is 21.8 Å². The van der Waals surface area contributed by atoms with Gasteiger partial charge in [0.25, 0.3) is 0 Å². The van der Waals surface area contributed by atoms with E-state index >= 15 is 0 Å². The predicted octanol–water partition coefficient (Wildman–Crippen LogP) is 3.58. The zero-order chi connectivity index (χ0) is 14.5. The molecule has 2 aromatic rings. The normalized spacial score (nSPS) is 10.7. The molecule has 0 aliphatic heterocycles. The fraction of sp³-hybridized carbons (Fsp3) is 0.0667. The molecule has 20 heavy (non-hydrogen) atoms. The third kappa shape index (κ3) is 3.36. The van der Waals surface area contributed by atoms with E-state index < -0.39 is 5.97 Å². The highest BCUT2D eigenvalue weighted by Gasteiger charge is 2.05. The number of esters is 1. The Labute approximate surface area is 121 Å². The summed E-state index contributed by atoms with van der Waals surface area (Å²) in [6, 6.07) is 11.4. The first kappa shape index (κ1) is 14.1. The van der Waals surface area contributed by atoms with Gasteiger partial charge in [-0.15, -0.1) is 0 Å². The van der Waals surface area contributed by atoms with Crippen LogP contribution in [0.3, 0.4) is 0 Å². The van der Waals surface area contributed by atoms with Gasteiger partial charge in [-0.05, 0) is 36.4 Å². The summed E-state index contributed by atoms with van der Waals surface area (Å²) >= 11 is 5.85. The summed E-state index contributed by atoms with van der Waals surface area (Å²) in [4.78, 5) is 15.6. The minimum Gasteiger partial charge on any atom is -0.507 e. The van der Waals surface area contributed by atoms with Gasteiger partial charge in [-0.25, -0.2) is 4.79 Å². The summed E-state index contributed by atoms with van der Waals surface area (Å²) in [5.74, 6) is -0.338. The van der Waals surface area contributed by atoms with Gasteiger partial charge in [0, 0.05) is 16.8 Å². The number of hydrogen-bond acceptors (Lipinski definition) is 4. The van der Waals surface area contributed by atoms with Crippen molar-refractivity contribution in [3.63, 3.8) is 0 Å². The van der Waals surface area contributed by atoms with Gasteiger partial charge in [0.2, 0.25) is 0 Å². The van der Waals surface area contributed by atoms with Crippen LogP contribution >= 0.6 is 11.6 Å². The molecule has 0 amide bonds. The molecule has 0 unspecified atom stereocenters. The Morgan fingerprint density at radius 1 is 1.30 bits per heavy atom. The first-order valence-corrected chi connectivity index (χ1v) is 6.19. The molecule has 102 valence electrons. The molecule has 0 fully saturated rings. The Morgan fingerprint density at radius 3 is 2.85 bits per heavy atom. The minimum absolute atomic E-state index is 0.0854. The van der Waals surface area contributed by atoms with E-state index in [0.717, 1.165) is 0 Å². The highest BCUT2D eigenvalue weighted by molar-refractivity contribution is 6.30. The smallest absolute Gasteiger partial charge is 0.337 e. The summed E-state index contributed by atoms with van der Waals surface area (Å²) in [6.07, 6.45) is 1.48. The van der Waals surface area contributed by atoms with Crippen molar-refractivity contribution in [3.05, 3.63) is 58.6 Å². The molecule has 0 radical (unpaired) electrons. The van der Waals surface area contributed by atoms with Gasteiger partial charge in [0.1, 0.15) is 5.75 Å². The molecule has 5 heteroatoms. The van der Waals surface area contributed by atoms with Gasteiger partial charge >= 0.3 is 5.97 Å². The number of halogens is 1. The second-order valence-corrected chi connectivity index (χ2v) is 4.44. The lowest BCUT2D eigenvalue weighted by Crippen LogP contribution is -1.99. The van der Waals surface area contributed by atoms with Gasteiger partial charge in [-0.3, -0.25) is 4.99 Å². The Kier molecular flexibility index (Phi) is 4.38. The highest BCUT2D eigenvalue weighted by atomic mass is 35.5. The van der Waals surface area contributed by atoms with Crippen molar-refractivity contribution >= 4 is 29.5 Å². The van der Waals surface area contributed by atoms with Crippen molar-refractivity contribution in [3.8, 4) is 5.75 Å². The number of carbonyl (C=O) groups excluding carboxylic acids is 1. The zero-order valence-electron chi connectivity index (χ0n) is 10.7. The number of hydrogen-bond donors (Lipinski definition) is 1. The molecule has 0 bridgehead atoms. The molecule has 0 spiro atoms. The van der Waals surface area contributed by atoms with Crippen LogP contribution in [0.5, 0.6) is 5.75 Å². The van der Waals surface area contributed by atoms with Gasteiger partial charge in [-0.2, -0.15) is 0 Å². The van der Waals surface area contributed by atoms with Gasteiger partial charge in [-0.1, -0.05) is 17.7 Å². The molecule has 0 aliphatic carbocycles. The SMILES string of the molecule is COC(=O)c1cccc(N=Cc2cc(Cl)ccc2O)c1. The molecule has 0 heterocycles. The first-order chi connectivity index (χ1) is 9.60. The molecule has 2 aromatic carbocycles. The summed E-state index contributed by atoms with van der Waals surface area (Å²) in [6.45, 7) is 0. The molecule has 0 aliphatic rings. The number of aliphatic imine (C=N–C) groups is 1. The van der Waals surface area contributed by atoms with E-state index in [9.17, 15) is 9.90 Å². The van der Waals surface area contributed by atoms with Crippen LogP contribution in [0.25, 0.3) is 0 Å². The summed E-state index contributed by atoms with van der Waals surface area (Å²) in [5.41, 5.74) is 1.49. The standard InChI is InChI=1S/C15H12ClNO3/c1-20-15(19)10-3-2-4-13(8-10)17-9-11-7-12(16)5-6-14(11)18/h2-9,18H,1H3. The van der Waals surface area contributed by atoms with Crippen LogP contribution in [-0.4, -0.2) is 24.4 Å². The molecule has 4 nitrogen and oxygen atoms in total. The maximum Gasteiger partial charge on any atom is 0.337 e. The summed E-state index contributed by atoms with van der Waals surface area (Å²) in [7, 11) is 1.32. The highest BCUT2D eigenvalue weighted by Crippen LogP contribution is 2.21. The second kappa shape index (κ2) is 6.21.